The van der Waals surface area contributed by atoms with E-state index in [9.17, 15) is 5.11 Å². The summed E-state index contributed by atoms with van der Waals surface area (Å²) in [5.74, 6) is 1.54. The highest BCUT2D eigenvalue weighted by molar-refractivity contribution is 5.17. The summed E-state index contributed by atoms with van der Waals surface area (Å²) in [4.78, 5) is 0. The van der Waals surface area contributed by atoms with Gasteiger partial charge < -0.3 is 24.1 Å². The lowest BCUT2D eigenvalue weighted by Crippen LogP contribution is -2.41. The largest absolute Gasteiger partial charge is 0.392 e. The van der Waals surface area contributed by atoms with Crippen LogP contribution in [-0.4, -0.2) is 57.1 Å². The summed E-state index contributed by atoms with van der Waals surface area (Å²) in [7, 11) is 5.20. The molecule has 2 rings (SSSR count). The monoisotopic (exact) mass is 410 g/mol. The number of methoxy groups -OCH3 is 3. The molecule has 5 heteroatoms. The molecule has 0 aromatic rings. The van der Waals surface area contributed by atoms with Crippen LogP contribution in [0.4, 0.5) is 0 Å². The highest BCUT2D eigenvalue weighted by atomic mass is 16.7. The van der Waals surface area contributed by atoms with Crippen molar-refractivity contribution in [3.63, 3.8) is 0 Å². The van der Waals surface area contributed by atoms with Crippen LogP contribution in [-0.2, 0) is 18.9 Å². The number of hydrogen-bond acceptors (Lipinski definition) is 5. The van der Waals surface area contributed by atoms with Gasteiger partial charge in [-0.2, -0.15) is 0 Å². The minimum Gasteiger partial charge on any atom is -0.392 e. The molecule has 0 spiro atoms. The molecule has 9 atom stereocenters. The first-order valence-electron chi connectivity index (χ1n) is 11.1. The molecular formula is C24H42O5. The molecule has 1 N–H and O–H groups in total. The van der Waals surface area contributed by atoms with E-state index < -0.39 is 0 Å². The number of hydrogen-bond donors (Lipinski definition) is 1. The van der Waals surface area contributed by atoms with Gasteiger partial charge in [0.2, 0.25) is 0 Å². The highest BCUT2D eigenvalue weighted by Gasteiger charge is 2.48. The Morgan fingerprint density at radius 2 is 1.86 bits per heavy atom. The van der Waals surface area contributed by atoms with E-state index in [1.54, 1.807) is 21.3 Å². The van der Waals surface area contributed by atoms with Gasteiger partial charge in [0, 0.05) is 33.7 Å². The minimum atomic E-state index is -0.308. The molecule has 29 heavy (non-hydrogen) atoms. The van der Waals surface area contributed by atoms with Crippen LogP contribution in [0.5, 0.6) is 0 Å². The fourth-order valence-electron chi connectivity index (χ4n) is 4.83. The van der Waals surface area contributed by atoms with Crippen molar-refractivity contribution in [1.82, 2.24) is 0 Å². The molecule has 0 bridgehead atoms. The van der Waals surface area contributed by atoms with Crippen LogP contribution in [0, 0.1) is 23.7 Å². The van der Waals surface area contributed by atoms with E-state index in [0.717, 1.165) is 31.3 Å². The first-order valence-corrected chi connectivity index (χ1v) is 11.1. The third-order valence-electron chi connectivity index (χ3n) is 6.95. The lowest BCUT2D eigenvalue weighted by molar-refractivity contribution is -0.205. The lowest BCUT2D eigenvalue weighted by atomic mass is 9.91. The van der Waals surface area contributed by atoms with Crippen LogP contribution in [0.15, 0.2) is 23.8 Å². The molecule has 0 aromatic heterocycles. The van der Waals surface area contributed by atoms with Crippen molar-refractivity contribution in [2.75, 3.05) is 21.3 Å². The zero-order valence-electron chi connectivity index (χ0n) is 19.3. The van der Waals surface area contributed by atoms with Crippen molar-refractivity contribution in [1.29, 1.82) is 0 Å². The van der Waals surface area contributed by atoms with Crippen LogP contribution in [0.3, 0.4) is 0 Å². The molecule has 1 aliphatic carbocycles. The topological polar surface area (TPSA) is 57.2 Å². The van der Waals surface area contributed by atoms with Crippen LogP contribution in [0.2, 0.25) is 0 Å². The van der Waals surface area contributed by atoms with Crippen LogP contribution in [0.25, 0.3) is 0 Å². The quantitative estimate of drug-likeness (QED) is 0.513. The van der Waals surface area contributed by atoms with Crippen molar-refractivity contribution in [3.8, 4) is 0 Å². The van der Waals surface area contributed by atoms with Gasteiger partial charge in [-0.05, 0) is 49.5 Å². The number of allylic oxidation sites excluding steroid dienone is 2. The third kappa shape index (κ3) is 6.38. The Morgan fingerprint density at radius 3 is 2.45 bits per heavy atom. The zero-order valence-corrected chi connectivity index (χ0v) is 19.3. The normalized spacial score (nSPS) is 34.8. The third-order valence-corrected chi connectivity index (χ3v) is 6.95. The van der Waals surface area contributed by atoms with Crippen molar-refractivity contribution in [2.45, 2.75) is 84.1 Å². The highest BCUT2D eigenvalue weighted by Crippen LogP contribution is 2.49. The number of aliphatic hydroxyl groups is 1. The Kier molecular flexibility index (Phi) is 9.83. The smallest absolute Gasteiger partial charge is 0.158 e. The zero-order chi connectivity index (χ0) is 21.6. The van der Waals surface area contributed by atoms with Crippen LogP contribution >= 0.6 is 0 Å². The summed E-state index contributed by atoms with van der Waals surface area (Å²) in [6.45, 7) is 8.57. The van der Waals surface area contributed by atoms with Crippen molar-refractivity contribution in [2.24, 2.45) is 23.7 Å². The molecule has 1 saturated heterocycles. The SMILES string of the molecule is CC[C@H](OC)[C@@H](C)[C@@H]1C[C@H]1[C@H](O)[C@@H](C)/C=C/C=C(\C)[C@H]1O[C@@H](OC)CC[C@H]1OC. The predicted molar refractivity (Wildman–Crippen MR) is 116 cm³/mol. The Balaban J connectivity index is 1.90. The Bertz CT molecular complexity index is 541. The van der Waals surface area contributed by atoms with Gasteiger partial charge in [-0.15, -0.1) is 0 Å². The molecule has 2 fully saturated rings. The summed E-state index contributed by atoms with van der Waals surface area (Å²) in [5.41, 5.74) is 1.11. The van der Waals surface area contributed by atoms with Gasteiger partial charge in [-0.1, -0.05) is 39.0 Å². The van der Waals surface area contributed by atoms with Gasteiger partial charge in [-0.3, -0.25) is 0 Å². The fraction of sp³-hybridized carbons (Fsp3) is 0.833. The second-order valence-electron chi connectivity index (χ2n) is 8.82. The predicted octanol–water partition coefficient (Wildman–Crippen LogP) is 4.35. The second-order valence-corrected chi connectivity index (χ2v) is 8.82. The Hall–Kier alpha value is -0.720. The number of rotatable bonds is 11. The molecule has 1 aliphatic heterocycles. The maximum Gasteiger partial charge on any atom is 0.158 e. The molecule has 0 aromatic carbocycles. The van der Waals surface area contributed by atoms with Gasteiger partial charge in [-0.25, -0.2) is 0 Å². The van der Waals surface area contributed by atoms with Crippen LogP contribution in [0.1, 0.15) is 53.4 Å². The van der Waals surface area contributed by atoms with E-state index >= 15 is 0 Å². The molecule has 168 valence electrons. The van der Waals surface area contributed by atoms with Crippen molar-refractivity contribution < 1.29 is 24.1 Å². The van der Waals surface area contributed by atoms with Crippen molar-refractivity contribution >= 4 is 0 Å². The summed E-state index contributed by atoms with van der Waals surface area (Å²) in [6.07, 6.45) is 9.85. The van der Waals surface area contributed by atoms with Gasteiger partial charge in [0.1, 0.15) is 6.10 Å². The average Bonchev–Trinajstić information content (AvgIpc) is 3.54. The molecule has 1 heterocycles. The first kappa shape index (κ1) is 24.5. The maximum absolute atomic E-state index is 10.8. The minimum absolute atomic E-state index is 0.0510. The van der Waals surface area contributed by atoms with E-state index in [-0.39, 0.29) is 36.6 Å². The molecule has 1 saturated carbocycles. The van der Waals surface area contributed by atoms with Gasteiger partial charge >= 0.3 is 0 Å². The molecule has 0 unspecified atom stereocenters. The molecule has 0 radical (unpaired) electrons. The maximum atomic E-state index is 10.8. The van der Waals surface area contributed by atoms with Gasteiger partial charge in [0.25, 0.3) is 0 Å². The van der Waals surface area contributed by atoms with E-state index in [0.29, 0.717) is 17.8 Å². The van der Waals surface area contributed by atoms with Crippen LogP contribution < -0.4 is 0 Å². The summed E-state index contributed by atoms with van der Waals surface area (Å²) in [5, 5.41) is 10.8. The molecule has 2 aliphatic rings. The van der Waals surface area contributed by atoms with Gasteiger partial charge in [0.15, 0.2) is 6.29 Å². The second kappa shape index (κ2) is 11.6. The molecular weight excluding hydrogens is 368 g/mol. The van der Waals surface area contributed by atoms with E-state index in [1.165, 1.54) is 0 Å². The first-order chi connectivity index (χ1) is 13.9. The Morgan fingerprint density at radius 1 is 1.14 bits per heavy atom. The fourth-order valence-corrected chi connectivity index (χ4v) is 4.83. The van der Waals surface area contributed by atoms with E-state index in [1.807, 2.05) is 6.08 Å². The number of ether oxygens (including phenoxy) is 4. The van der Waals surface area contributed by atoms with Gasteiger partial charge in [0.05, 0.1) is 18.3 Å². The number of aliphatic hydroxyl groups excluding tert-OH is 1. The Labute approximate surface area is 177 Å². The summed E-state index contributed by atoms with van der Waals surface area (Å²) in [6, 6.07) is 0. The molecule has 0 amide bonds. The van der Waals surface area contributed by atoms with E-state index in [4.69, 9.17) is 18.9 Å². The lowest BCUT2D eigenvalue weighted by Gasteiger charge is -2.35. The standard InChI is InChI=1S/C24H42O5/c1-8-20(26-5)17(4)18-14-19(18)23(25)15(2)10-9-11-16(3)24-21(27-6)12-13-22(28-7)29-24/h9-11,15,17-25H,8,12-14H2,1-7H3/b10-9+,16-11+/t15-,17-,18-,19+,20-,21+,22+,23+,24+/m0/s1. The van der Waals surface area contributed by atoms with E-state index in [2.05, 4.69) is 39.8 Å². The van der Waals surface area contributed by atoms with Crippen molar-refractivity contribution in [3.05, 3.63) is 23.8 Å². The average molecular weight is 411 g/mol. The molecule has 5 nitrogen and oxygen atoms in total. The summed E-state index contributed by atoms with van der Waals surface area (Å²) < 4.78 is 22.6. The summed E-state index contributed by atoms with van der Waals surface area (Å²) >= 11 is 0.